The monoisotopic (exact) mass is 346 g/mol. The normalized spacial score (nSPS) is 15.9. The van der Waals surface area contributed by atoms with Crippen LogP contribution in [0.4, 0.5) is 5.69 Å². The molecule has 1 saturated carbocycles. The Labute approximate surface area is 123 Å². The second kappa shape index (κ2) is 5.46. The summed E-state index contributed by atoms with van der Waals surface area (Å²) >= 11 is 9.19. The molecule has 1 aromatic rings. The molecule has 0 heterocycles. The lowest BCUT2D eigenvalue weighted by Gasteiger charge is -2.12. The molecule has 19 heavy (non-hydrogen) atoms. The van der Waals surface area contributed by atoms with Crippen molar-refractivity contribution in [3.05, 3.63) is 38.9 Å². The minimum atomic E-state index is -0.581. The predicted octanol–water partition coefficient (Wildman–Crippen LogP) is 3.15. The van der Waals surface area contributed by atoms with E-state index in [9.17, 15) is 14.9 Å². The first kappa shape index (κ1) is 14.3. The Morgan fingerprint density at radius 2 is 2.21 bits per heavy atom. The number of nitrogens with zero attached hydrogens (tertiary/aromatic N) is 1. The number of halogens is 2. The van der Waals surface area contributed by atoms with Crippen LogP contribution in [-0.2, 0) is 0 Å². The van der Waals surface area contributed by atoms with E-state index in [1.165, 1.54) is 18.2 Å². The first-order valence-corrected chi connectivity index (χ1v) is 7.25. The molecule has 0 atom stereocenters. The Hall–Kier alpha value is -1.14. The molecule has 1 aliphatic carbocycles. The third kappa shape index (κ3) is 3.25. The molecule has 102 valence electrons. The lowest BCUT2D eigenvalue weighted by atomic mass is 10.1. The van der Waals surface area contributed by atoms with Gasteiger partial charge in [0.1, 0.15) is 5.56 Å². The van der Waals surface area contributed by atoms with Crippen molar-refractivity contribution in [2.45, 2.75) is 12.8 Å². The summed E-state index contributed by atoms with van der Waals surface area (Å²) in [4.78, 5) is 22.3. The molecular weight excluding hydrogens is 336 g/mol. The Morgan fingerprint density at radius 3 is 2.74 bits per heavy atom. The molecule has 1 aliphatic rings. The lowest BCUT2D eigenvalue weighted by molar-refractivity contribution is -0.385. The van der Waals surface area contributed by atoms with Crippen molar-refractivity contribution >= 4 is 39.1 Å². The van der Waals surface area contributed by atoms with Gasteiger partial charge in [0.15, 0.2) is 0 Å². The van der Waals surface area contributed by atoms with Gasteiger partial charge in [0.25, 0.3) is 11.6 Å². The van der Waals surface area contributed by atoms with Crippen molar-refractivity contribution in [2.75, 3.05) is 11.9 Å². The van der Waals surface area contributed by atoms with E-state index in [0.29, 0.717) is 11.6 Å². The molecule has 1 aromatic carbocycles. The van der Waals surface area contributed by atoms with Crippen LogP contribution in [-0.4, -0.2) is 22.7 Å². The zero-order valence-electron chi connectivity index (χ0n) is 9.99. The number of carbonyl (C=O) groups excluding carboxylic acids is 1. The van der Waals surface area contributed by atoms with Crippen molar-refractivity contribution < 1.29 is 9.72 Å². The number of hydrogen-bond donors (Lipinski definition) is 1. The van der Waals surface area contributed by atoms with Crippen molar-refractivity contribution in [1.82, 2.24) is 5.32 Å². The van der Waals surface area contributed by atoms with E-state index in [1.54, 1.807) is 0 Å². The highest BCUT2D eigenvalue weighted by Crippen LogP contribution is 2.46. The maximum absolute atomic E-state index is 12.0. The van der Waals surface area contributed by atoms with Crippen LogP contribution < -0.4 is 5.32 Å². The first-order chi connectivity index (χ1) is 8.97. The molecular formula is C12H12BrClN2O3. The molecule has 1 N–H and O–H groups in total. The summed E-state index contributed by atoms with van der Waals surface area (Å²) in [6.07, 6.45) is 2.10. The number of nitrogens with one attached hydrogen (secondary N) is 1. The summed E-state index contributed by atoms with van der Waals surface area (Å²) in [5.74, 6) is -0.457. The van der Waals surface area contributed by atoms with Crippen LogP contribution in [0.2, 0.25) is 5.02 Å². The van der Waals surface area contributed by atoms with E-state index < -0.39 is 10.8 Å². The molecule has 1 amide bonds. The van der Waals surface area contributed by atoms with Crippen molar-refractivity contribution in [1.29, 1.82) is 0 Å². The molecule has 2 rings (SSSR count). The Kier molecular flexibility index (Phi) is 4.10. The number of amides is 1. The molecule has 0 saturated heterocycles. The van der Waals surface area contributed by atoms with E-state index >= 15 is 0 Å². The molecule has 1 fully saturated rings. The molecule has 7 heteroatoms. The molecule has 0 aromatic heterocycles. The van der Waals surface area contributed by atoms with Crippen LogP contribution in [0.3, 0.4) is 0 Å². The highest BCUT2D eigenvalue weighted by Gasteiger charge is 2.41. The quantitative estimate of drug-likeness (QED) is 0.505. The van der Waals surface area contributed by atoms with Gasteiger partial charge in [-0.1, -0.05) is 27.5 Å². The Balaban J connectivity index is 2.14. The summed E-state index contributed by atoms with van der Waals surface area (Å²) in [6, 6.07) is 3.97. The lowest BCUT2D eigenvalue weighted by Crippen LogP contribution is -2.31. The SMILES string of the molecule is O=C(NCC1(CBr)CC1)c1cc(Cl)ccc1[N+](=O)[O-]. The number of nitro groups is 1. The van der Waals surface area contributed by atoms with E-state index in [-0.39, 0.29) is 16.7 Å². The van der Waals surface area contributed by atoms with Gasteiger partial charge in [-0.15, -0.1) is 0 Å². The van der Waals surface area contributed by atoms with Crippen LogP contribution in [0, 0.1) is 15.5 Å². The molecule has 0 unspecified atom stereocenters. The van der Waals surface area contributed by atoms with Gasteiger partial charge in [-0.05, 0) is 30.4 Å². The Bertz CT molecular complexity index is 532. The summed E-state index contributed by atoms with van der Waals surface area (Å²) < 4.78 is 0. The predicted molar refractivity (Wildman–Crippen MR) is 75.9 cm³/mol. The van der Waals surface area contributed by atoms with Crippen LogP contribution in [0.1, 0.15) is 23.2 Å². The first-order valence-electron chi connectivity index (χ1n) is 5.75. The maximum Gasteiger partial charge on any atom is 0.282 e. The van der Waals surface area contributed by atoms with E-state index in [1.807, 2.05) is 0 Å². The van der Waals surface area contributed by atoms with E-state index in [4.69, 9.17) is 11.6 Å². The van der Waals surface area contributed by atoms with Gasteiger partial charge in [0.2, 0.25) is 0 Å². The largest absolute Gasteiger partial charge is 0.351 e. The van der Waals surface area contributed by atoms with Gasteiger partial charge < -0.3 is 5.32 Å². The van der Waals surface area contributed by atoms with Crippen LogP contribution in [0.25, 0.3) is 0 Å². The molecule has 5 nitrogen and oxygen atoms in total. The third-order valence-corrected chi connectivity index (χ3v) is 4.69. The van der Waals surface area contributed by atoms with Crippen LogP contribution in [0.5, 0.6) is 0 Å². The van der Waals surface area contributed by atoms with Gasteiger partial charge in [0.05, 0.1) is 4.92 Å². The summed E-state index contributed by atoms with van der Waals surface area (Å²) in [6.45, 7) is 0.515. The van der Waals surface area contributed by atoms with Crippen LogP contribution in [0.15, 0.2) is 18.2 Å². The smallest absolute Gasteiger partial charge is 0.282 e. The maximum atomic E-state index is 12.0. The minimum Gasteiger partial charge on any atom is -0.351 e. The van der Waals surface area contributed by atoms with Crippen molar-refractivity contribution in [2.24, 2.45) is 5.41 Å². The number of rotatable bonds is 5. The fraction of sp³-hybridized carbons (Fsp3) is 0.417. The summed E-state index contributed by atoms with van der Waals surface area (Å²) in [5.41, 5.74) is -0.114. The van der Waals surface area contributed by atoms with Crippen molar-refractivity contribution in [3.63, 3.8) is 0 Å². The molecule has 0 bridgehead atoms. The van der Waals surface area contributed by atoms with E-state index in [2.05, 4.69) is 21.2 Å². The standard InChI is InChI=1S/C12H12BrClN2O3/c13-6-12(3-4-12)7-15-11(17)9-5-8(14)1-2-10(9)16(18)19/h1-2,5H,3-4,6-7H2,(H,15,17). The van der Waals surface area contributed by atoms with Gasteiger partial charge in [-0.2, -0.15) is 0 Å². The number of benzene rings is 1. The van der Waals surface area contributed by atoms with Gasteiger partial charge in [-0.3, -0.25) is 14.9 Å². The fourth-order valence-corrected chi connectivity index (χ4v) is 2.68. The fourth-order valence-electron chi connectivity index (χ4n) is 1.75. The number of alkyl halides is 1. The van der Waals surface area contributed by atoms with Gasteiger partial charge >= 0.3 is 0 Å². The molecule has 0 aliphatic heterocycles. The second-order valence-electron chi connectivity index (χ2n) is 4.73. The molecule has 0 spiro atoms. The van der Waals surface area contributed by atoms with Gasteiger partial charge in [0, 0.05) is 23.0 Å². The zero-order chi connectivity index (χ0) is 14.0. The number of hydrogen-bond acceptors (Lipinski definition) is 3. The number of carbonyl (C=O) groups is 1. The zero-order valence-corrected chi connectivity index (χ0v) is 12.3. The van der Waals surface area contributed by atoms with Gasteiger partial charge in [-0.25, -0.2) is 0 Å². The van der Waals surface area contributed by atoms with E-state index in [0.717, 1.165) is 18.2 Å². The van der Waals surface area contributed by atoms with Crippen molar-refractivity contribution in [3.8, 4) is 0 Å². The van der Waals surface area contributed by atoms with Crippen LogP contribution >= 0.6 is 27.5 Å². The number of nitro benzene ring substituents is 1. The average molecular weight is 348 g/mol. The third-order valence-electron chi connectivity index (χ3n) is 3.26. The topological polar surface area (TPSA) is 72.2 Å². The second-order valence-corrected chi connectivity index (χ2v) is 5.73. The highest BCUT2D eigenvalue weighted by atomic mass is 79.9. The Morgan fingerprint density at radius 1 is 1.53 bits per heavy atom. The summed E-state index contributed by atoms with van der Waals surface area (Å²) in [5, 5.41) is 14.7. The average Bonchev–Trinajstić information content (AvgIpc) is 3.16. The summed E-state index contributed by atoms with van der Waals surface area (Å²) in [7, 11) is 0. The molecule has 0 radical (unpaired) electrons. The minimum absolute atomic E-state index is 0.00266. The highest BCUT2D eigenvalue weighted by molar-refractivity contribution is 9.09.